The van der Waals surface area contributed by atoms with Crippen LogP contribution in [0, 0.1) is 0 Å². The molecule has 1 fully saturated rings. The highest BCUT2D eigenvalue weighted by atomic mass is 19.3. The Morgan fingerprint density at radius 1 is 1.04 bits per heavy atom. The summed E-state index contributed by atoms with van der Waals surface area (Å²) in [5.41, 5.74) is 0.940. The average molecular weight is 334 g/mol. The van der Waals surface area contributed by atoms with Crippen LogP contribution in [0.4, 0.5) is 8.78 Å². The summed E-state index contributed by atoms with van der Waals surface area (Å²) in [6.07, 6.45) is -1.28. The number of hydrogen-bond acceptors (Lipinski definition) is 3. The second-order valence-corrected chi connectivity index (χ2v) is 6.02. The number of ether oxygens (including phenoxy) is 2. The molecule has 0 bridgehead atoms. The highest BCUT2D eigenvalue weighted by Crippen LogP contribution is 2.38. The van der Waals surface area contributed by atoms with Crippen molar-refractivity contribution in [2.75, 3.05) is 0 Å². The summed E-state index contributed by atoms with van der Waals surface area (Å²) in [5.74, 6) is -2.58. The van der Waals surface area contributed by atoms with Crippen molar-refractivity contribution in [3.05, 3.63) is 60.2 Å². The summed E-state index contributed by atoms with van der Waals surface area (Å²) in [5, 5.41) is 9.30. The Morgan fingerprint density at radius 2 is 1.75 bits per heavy atom. The van der Waals surface area contributed by atoms with E-state index in [-0.39, 0.29) is 18.8 Å². The first-order chi connectivity index (χ1) is 11.5. The van der Waals surface area contributed by atoms with E-state index < -0.39 is 18.1 Å². The molecule has 0 heterocycles. The number of benzene rings is 2. The highest BCUT2D eigenvalue weighted by Gasteiger charge is 2.49. The summed E-state index contributed by atoms with van der Waals surface area (Å²) in [6, 6.07) is 15.3. The van der Waals surface area contributed by atoms with Gasteiger partial charge in [0.1, 0.15) is 17.6 Å². The van der Waals surface area contributed by atoms with Crippen LogP contribution in [0.15, 0.2) is 54.6 Å². The molecule has 0 spiro atoms. The molecule has 3 nitrogen and oxygen atoms in total. The molecule has 1 saturated carbocycles. The fourth-order valence-corrected chi connectivity index (χ4v) is 2.89. The minimum absolute atomic E-state index is 0.0645. The van der Waals surface area contributed by atoms with E-state index in [9.17, 15) is 13.9 Å². The van der Waals surface area contributed by atoms with E-state index in [0.717, 1.165) is 5.56 Å². The zero-order valence-electron chi connectivity index (χ0n) is 13.2. The first-order valence-electron chi connectivity index (χ1n) is 8.04. The molecule has 2 aromatic carbocycles. The van der Waals surface area contributed by atoms with Crippen molar-refractivity contribution in [2.24, 2.45) is 0 Å². The number of hydrogen-bond donors (Lipinski definition) is 1. The molecule has 2 aromatic rings. The van der Waals surface area contributed by atoms with E-state index in [1.165, 1.54) is 24.3 Å². The molecule has 24 heavy (non-hydrogen) atoms. The van der Waals surface area contributed by atoms with Gasteiger partial charge in [-0.2, -0.15) is 0 Å². The Hall–Kier alpha value is -2.14. The van der Waals surface area contributed by atoms with Gasteiger partial charge in [0.05, 0.1) is 6.61 Å². The van der Waals surface area contributed by atoms with Crippen molar-refractivity contribution in [2.45, 2.75) is 44.0 Å². The maximum absolute atomic E-state index is 14.4. The van der Waals surface area contributed by atoms with Gasteiger partial charge in [-0.1, -0.05) is 30.3 Å². The number of halogens is 2. The van der Waals surface area contributed by atoms with Crippen LogP contribution >= 0.6 is 0 Å². The van der Waals surface area contributed by atoms with E-state index in [4.69, 9.17) is 9.47 Å². The van der Waals surface area contributed by atoms with Gasteiger partial charge < -0.3 is 14.6 Å². The first kappa shape index (κ1) is 16.7. The molecular weight excluding hydrogens is 314 g/mol. The van der Waals surface area contributed by atoms with Gasteiger partial charge in [-0.3, -0.25) is 0 Å². The van der Waals surface area contributed by atoms with Gasteiger partial charge >= 0.3 is 0 Å². The second kappa shape index (κ2) is 7.18. The molecule has 0 aliphatic heterocycles. The lowest BCUT2D eigenvalue weighted by molar-refractivity contribution is -0.181. The molecular formula is C19H20F2O3. The zero-order chi connectivity index (χ0) is 17.0. The summed E-state index contributed by atoms with van der Waals surface area (Å²) in [4.78, 5) is 0. The fraction of sp³-hybridized carbons (Fsp3) is 0.368. The Bertz CT molecular complexity index is 643. The first-order valence-corrected chi connectivity index (χ1v) is 8.04. The monoisotopic (exact) mass is 334 g/mol. The largest absolute Gasteiger partial charge is 0.508 e. The van der Waals surface area contributed by atoms with Crippen LogP contribution in [0.1, 0.15) is 24.8 Å². The lowest BCUT2D eigenvalue weighted by atomic mass is 9.90. The Kier molecular flexibility index (Phi) is 5.00. The number of alkyl halides is 2. The van der Waals surface area contributed by atoms with E-state index in [1.54, 1.807) is 0 Å². The topological polar surface area (TPSA) is 38.7 Å². The number of phenols is 1. The van der Waals surface area contributed by atoms with E-state index in [1.807, 2.05) is 30.3 Å². The van der Waals surface area contributed by atoms with E-state index in [2.05, 4.69) is 0 Å². The van der Waals surface area contributed by atoms with Crippen molar-refractivity contribution in [3.8, 4) is 11.5 Å². The molecule has 0 saturated heterocycles. The molecule has 5 heteroatoms. The van der Waals surface area contributed by atoms with Gasteiger partial charge in [-0.05, 0) is 42.7 Å². The van der Waals surface area contributed by atoms with E-state index >= 15 is 0 Å². The van der Waals surface area contributed by atoms with Gasteiger partial charge in [0.15, 0.2) is 6.10 Å². The molecule has 2 atom stereocenters. The van der Waals surface area contributed by atoms with Crippen LogP contribution in [0.25, 0.3) is 0 Å². The Labute approximate surface area is 139 Å². The summed E-state index contributed by atoms with van der Waals surface area (Å²) < 4.78 is 40.0. The quantitative estimate of drug-likeness (QED) is 0.872. The van der Waals surface area contributed by atoms with Crippen molar-refractivity contribution in [1.29, 1.82) is 0 Å². The molecule has 0 radical (unpaired) electrons. The standard InChI is InChI=1S/C19H20F2O3/c20-19(21)12-4-7-17(23-13-14-5-2-1-3-6-14)18(19)24-16-10-8-15(22)9-11-16/h1-3,5-6,8-11,17-18,22H,4,7,12-13H2/t17-,18+/m1/s1. The Balaban J connectivity index is 1.71. The third-order valence-corrected chi connectivity index (χ3v) is 4.16. The molecule has 0 amide bonds. The van der Waals surface area contributed by atoms with Crippen LogP contribution in [0.2, 0.25) is 0 Å². The number of aromatic hydroxyl groups is 1. The van der Waals surface area contributed by atoms with Gasteiger partial charge in [0.25, 0.3) is 5.92 Å². The van der Waals surface area contributed by atoms with Crippen molar-refractivity contribution in [3.63, 3.8) is 0 Å². The zero-order valence-corrected chi connectivity index (χ0v) is 13.2. The normalized spacial score (nSPS) is 22.9. The fourth-order valence-electron chi connectivity index (χ4n) is 2.89. The predicted octanol–water partition coefficient (Wildman–Crippen LogP) is 4.54. The maximum Gasteiger partial charge on any atom is 0.286 e. The maximum atomic E-state index is 14.4. The summed E-state index contributed by atoms with van der Waals surface area (Å²) >= 11 is 0. The van der Waals surface area contributed by atoms with Crippen LogP contribution in [0.5, 0.6) is 11.5 Å². The van der Waals surface area contributed by atoms with Gasteiger partial charge in [0.2, 0.25) is 0 Å². The SMILES string of the molecule is Oc1ccc(O[C@H]2[C@H](OCc3ccccc3)CCCC2(F)F)cc1. The highest BCUT2D eigenvalue weighted by molar-refractivity contribution is 5.30. The third kappa shape index (κ3) is 4.03. The van der Waals surface area contributed by atoms with Crippen LogP contribution in [0.3, 0.4) is 0 Å². The van der Waals surface area contributed by atoms with Crippen LogP contribution < -0.4 is 4.74 Å². The lowest BCUT2D eigenvalue weighted by Gasteiger charge is -2.37. The summed E-state index contributed by atoms with van der Waals surface area (Å²) in [6.45, 7) is 0.275. The van der Waals surface area contributed by atoms with E-state index in [0.29, 0.717) is 18.6 Å². The Morgan fingerprint density at radius 3 is 2.46 bits per heavy atom. The number of rotatable bonds is 5. The van der Waals surface area contributed by atoms with Gasteiger partial charge in [0, 0.05) is 6.42 Å². The van der Waals surface area contributed by atoms with Gasteiger partial charge in [-0.15, -0.1) is 0 Å². The predicted molar refractivity (Wildman–Crippen MR) is 86.3 cm³/mol. The summed E-state index contributed by atoms with van der Waals surface area (Å²) in [7, 11) is 0. The number of phenolic OH excluding ortho intramolecular Hbond substituents is 1. The van der Waals surface area contributed by atoms with Crippen LogP contribution in [-0.4, -0.2) is 23.2 Å². The lowest BCUT2D eigenvalue weighted by Crippen LogP contribution is -2.51. The molecule has 1 aliphatic rings. The van der Waals surface area contributed by atoms with Crippen molar-refractivity contribution in [1.82, 2.24) is 0 Å². The van der Waals surface area contributed by atoms with Gasteiger partial charge in [-0.25, -0.2) is 8.78 Å². The molecule has 1 N–H and O–H groups in total. The minimum Gasteiger partial charge on any atom is -0.508 e. The smallest absolute Gasteiger partial charge is 0.286 e. The minimum atomic E-state index is -2.95. The molecule has 0 aromatic heterocycles. The third-order valence-electron chi connectivity index (χ3n) is 4.16. The molecule has 1 aliphatic carbocycles. The van der Waals surface area contributed by atoms with Crippen LogP contribution in [-0.2, 0) is 11.3 Å². The average Bonchev–Trinajstić information content (AvgIpc) is 2.58. The molecule has 128 valence electrons. The molecule has 3 rings (SSSR count). The van der Waals surface area contributed by atoms with Crippen molar-refractivity contribution < 1.29 is 23.4 Å². The molecule has 0 unspecified atom stereocenters. The second-order valence-electron chi connectivity index (χ2n) is 6.02. The van der Waals surface area contributed by atoms with Crippen molar-refractivity contribution >= 4 is 0 Å².